The Morgan fingerprint density at radius 2 is 2.32 bits per heavy atom. The smallest absolute Gasteiger partial charge is 0.335 e. The number of halogens is 2. The summed E-state index contributed by atoms with van der Waals surface area (Å²) >= 11 is 5.66. The van der Waals surface area contributed by atoms with E-state index in [9.17, 15) is 9.18 Å². The lowest BCUT2D eigenvalue weighted by molar-refractivity contribution is -0.314. The number of hydroxylamine groups is 3. The minimum Gasteiger partial charge on any atom is -0.379 e. The predicted octanol–water partition coefficient (Wildman–Crippen LogP) is 2.07. The number of anilines is 1. The van der Waals surface area contributed by atoms with E-state index in [4.69, 9.17) is 27.1 Å². The van der Waals surface area contributed by atoms with Crippen molar-refractivity contribution in [1.82, 2.24) is 5.23 Å². The first kappa shape index (κ1) is 13.4. The van der Waals surface area contributed by atoms with Gasteiger partial charge in [0.25, 0.3) is 0 Å². The van der Waals surface area contributed by atoms with E-state index in [0.29, 0.717) is 5.69 Å². The number of hydrogen-bond donors (Lipinski definition) is 1. The summed E-state index contributed by atoms with van der Waals surface area (Å²) in [5, 5.41) is 1.91. The highest BCUT2D eigenvalue weighted by atomic mass is 35.5. The Morgan fingerprint density at radius 3 is 2.95 bits per heavy atom. The lowest BCUT2D eigenvalue weighted by Crippen LogP contribution is -2.29. The summed E-state index contributed by atoms with van der Waals surface area (Å²) < 4.78 is 13.0. The first-order valence-corrected chi connectivity index (χ1v) is 5.79. The lowest BCUT2D eigenvalue weighted by Gasteiger charge is -2.18. The Hall–Kier alpha value is -1.99. The van der Waals surface area contributed by atoms with E-state index in [1.54, 1.807) is 6.92 Å². The maximum absolute atomic E-state index is 13.0. The third-order valence-corrected chi connectivity index (χ3v) is 2.54. The molecule has 0 aliphatic carbocycles. The van der Waals surface area contributed by atoms with Gasteiger partial charge in [-0.2, -0.15) is 5.06 Å². The van der Waals surface area contributed by atoms with Gasteiger partial charge in [0.2, 0.25) is 0 Å². The summed E-state index contributed by atoms with van der Waals surface area (Å²) in [6.07, 6.45) is 1.54. The normalized spacial score (nSPS) is 14.6. The van der Waals surface area contributed by atoms with E-state index < -0.39 is 11.8 Å². The van der Waals surface area contributed by atoms with Crippen molar-refractivity contribution in [2.24, 2.45) is 5.73 Å². The minimum absolute atomic E-state index is 0.0583. The van der Waals surface area contributed by atoms with Crippen LogP contribution in [0, 0.1) is 5.82 Å². The van der Waals surface area contributed by atoms with E-state index in [-0.39, 0.29) is 17.3 Å². The van der Waals surface area contributed by atoms with E-state index in [1.807, 2.05) is 0 Å². The number of carbonyl (C=O) groups excluding carboxylic acids is 1. The zero-order chi connectivity index (χ0) is 14.0. The molecule has 0 aromatic heterocycles. The van der Waals surface area contributed by atoms with Gasteiger partial charge < -0.3 is 10.6 Å². The van der Waals surface area contributed by atoms with Gasteiger partial charge in [0.05, 0.1) is 16.9 Å². The topological polar surface area (TPSA) is 68.0 Å². The van der Waals surface area contributed by atoms with Crippen molar-refractivity contribution < 1.29 is 19.0 Å². The molecule has 19 heavy (non-hydrogen) atoms. The van der Waals surface area contributed by atoms with Crippen LogP contribution in [0.4, 0.5) is 10.1 Å². The fourth-order valence-corrected chi connectivity index (χ4v) is 1.46. The number of hydrogen-bond acceptors (Lipinski definition) is 6. The molecule has 0 radical (unpaired) electrons. The highest BCUT2D eigenvalue weighted by Gasteiger charge is 2.25. The fourth-order valence-electron chi connectivity index (χ4n) is 1.29. The Kier molecular flexibility index (Phi) is 3.77. The van der Waals surface area contributed by atoms with Gasteiger partial charge in [0.15, 0.2) is 5.82 Å². The maximum atomic E-state index is 13.0. The van der Waals surface area contributed by atoms with Crippen molar-refractivity contribution in [3.63, 3.8) is 0 Å². The minimum atomic E-state index is -0.546. The van der Waals surface area contributed by atoms with Gasteiger partial charge in [-0.1, -0.05) is 18.5 Å². The molecular weight excluding hydrogens is 277 g/mol. The van der Waals surface area contributed by atoms with Gasteiger partial charge in [-0.3, -0.25) is 0 Å². The molecule has 1 heterocycles. The van der Waals surface area contributed by atoms with Gasteiger partial charge >= 0.3 is 5.97 Å². The molecule has 6 nitrogen and oxygen atoms in total. The second kappa shape index (κ2) is 5.33. The average Bonchev–Trinajstić information content (AvgIpc) is 2.74. The van der Waals surface area contributed by atoms with Gasteiger partial charge in [-0.25, -0.2) is 9.18 Å². The van der Waals surface area contributed by atoms with Crippen LogP contribution in [0.25, 0.3) is 0 Å². The summed E-state index contributed by atoms with van der Waals surface area (Å²) in [5.41, 5.74) is 6.05. The van der Waals surface area contributed by atoms with Crippen molar-refractivity contribution in [2.45, 2.75) is 13.3 Å². The molecular formula is C11H11ClFN3O3. The monoisotopic (exact) mass is 287 g/mol. The molecule has 0 bridgehead atoms. The number of nitrogens with two attached hydrogens (primary N) is 1. The molecule has 0 fully saturated rings. The third kappa shape index (κ3) is 2.88. The lowest BCUT2D eigenvalue weighted by atomic mass is 10.3. The summed E-state index contributed by atoms with van der Waals surface area (Å²) in [6.45, 7) is 1.63. The largest absolute Gasteiger partial charge is 0.379 e. The zero-order valence-electron chi connectivity index (χ0n) is 9.97. The number of nitrogens with zero attached hydrogens (tertiary/aromatic N) is 2. The molecule has 8 heteroatoms. The van der Waals surface area contributed by atoms with Crippen molar-refractivity contribution in [3.8, 4) is 0 Å². The molecule has 1 aliphatic rings. The van der Waals surface area contributed by atoms with Crippen LogP contribution < -0.4 is 10.8 Å². The summed E-state index contributed by atoms with van der Waals surface area (Å²) in [5.74, 6) is -0.978. The Labute approximate surface area is 113 Å². The van der Waals surface area contributed by atoms with Crippen molar-refractivity contribution >= 4 is 23.3 Å². The molecule has 0 atom stereocenters. The molecule has 2 N–H and O–H groups in total. The number of carbonyl (C=O) groups is 1. The van der Waals surface area contributed by atoms with Crippen molar-refractivity contribution in [1.29, 1.82) is 0 Å². The van der Waals surface area contributed by atoms with Crippen molar-refractivity contribution in [3.05, 3.63) is 41.1 Å². The molecule has 1 aliphatic heterocycles. The third-order valence-electron chi connectivity index (χ3n) is 2.25. The molecule has 1 aromatic rings. The highest BCUT2D eigenvalue weighted by Crippen LogP contribution is 2.27. The first-order valence-electron chi connectivity index (χ1n) is 5.42. The number of rotatable bonds is 3. The van der Waals surface area contributed by atoms with E-state index in [1.165, 1.54) is 29.5 Å². The second-order valence-corrected chi connectivity index (χ2v) is 4.04. The van der Waals surface area contributed by atoms with E-state index >= 15 is 0 Å². The van der Waals surface area contributed by atoms with Crippen LogP contribution in [0.15, 0.2) is 30.2 Å². The predicted molar refractivity (Wildman–Crippen MR) is 65.5 cm³/mol. The molecule has 0 saturated carbocycles. The van der Waals surface area contributed by atoms with Gasteiger partial charge in [-0.05, 0) is 23.4 Å². The van der Waals surface area contributed by atoms with Crippen LogP contribution in [0.5, 0.6) is 0 Å². The van der Waals surface area contributed by atoms with Crippen LogP contribution in [0.2, 0.25) is 5.02 Å². The Balaban J connectivity index is 2.12. The first-order chi connectivity index (χ1) is 9.01. The van der Waals surface area contributed by atoms with Gasteiger partial charge in [0.1, 0.15) is 5.82 Å². The average molecular weight is 288 g/mol. The van der Waals surface area contributed by atoms with E-state index in [0.717, 1.165) is 5.23 Å². The Bertz CT molecular complexity index is 538. The molecule has 2 rings (SSSR count). The van der Waals surface area contributed by atoms with Crippen molar-refractivity contribution in [2.75, 3.05) is 5.06 Å². The van der Waals surface area contributed by atoms with Gasteiger partial charge in [-0.15, -0.1) is 4.94 Å². The molecule has 102 valence electrons. The quantitative estimate of drug-likeness (QED) is 0.918. The SMILES string of the molecule is CCC(=O)ON1ON(c2ccc(F)c(Cl)c2)C=C1N. The summed E-state index contributed by atoms with van der Waals surface area (Å²) in [4.78, 5) is 21.1. The highest BCUT2D eigenvalue weighted by molar-refractivity contribution is 6.31. The maximum Gasteiger partial charge on any atom is 0.335 e. The van der Waals surface area contributed by atoms with Crippen LogP contribution in [0.1, 0.15) is 13.3 Å². The van der Waals surface area contributed by atoms with Crippen LogP contribution in [-0.2, 0) is 14.6 Å². The van der Waals surface area contributed by atoms with E-state index in [2.05, 4.69) is 0 Å². The molecule has 0 unspecified atom stereocenters. The molecule has 0 saturated heterocycles. The standard InChI is InChI=1S/C11H11ClFN3O3/c1-2-11(17)18-16-10(14)6-15(19-16)7-3-4-9(13)8(12)5-7/h3-6H,2,14H2,1H3. The van der Waals surface area contributed by atoms with Gasteiger partial charge in [0, 0.05) is 6.42 Å². The fraction of sp³-hybridized carbons (Fsp3) is 0.182. The Morgan fingerprint density at radius 1 is 1.58 bits per heavy atom. The summed E-state index contributed by atoms with van der Waals surface area (Å²) in [6, 6.07) is 3.98. The van der Waals surface area contributed by atoms with Crippen LogP contribution in [-0.4, -0.2) is 11.2 Å². The summed E-state index contributed by atoms with van der Waals surface area (Å²) in [7, 11) is 0. The van der Waals surface area contributed by atoms with Crippen LogP contribution >= 0.6 is 11.6 Å². The molecule has 0 spiro atoms. The molecule has 1 aromatic carbocycles. The number of benzene rings is 1. The van der Waals surface area contributed by atoms with Crippen LogP contribution in [0.3, 0.4) is 0 Å². The zero-order valence-corrected chi connectivity index (χ0v) is 10.7. The molecule has 0 amide bonds. The second-order valence-electron chi connectivity index (χ2n) is 3.63.